The maximum absolute atomic E-state index is 12.8. The van der Waals surface area contributed by atoms with Crippen LogP contribution in [0.25, 0.3) is 11.1 Å². The minimum atomic E-state index is -0.855. The molecule has 7 nitrogen and oxygen atoms in total. The standard InChI is InChI=1S/C28H30N2O5/c31-26(30-25-14-6-13-23(25)27(32)33)17-7-5-8-18(15-17)29-28(34)35-16-24-21-11-3-1-9-19(21)20-10-2-4-12-22(20)24/h1-5,8-12,17-18,23-25H,6-7,13-16H2,(H,29,34)(H,30,31)(H,32,33)/t17-,18-,23?,25?/m1/s1. The third-order valence-corrected chi connectivity index (χ3v) is 7.51. The maximum Gasteiger partial charge on any atom is 0.407 e. The smallest absolute Gasteiger partial charge is 0.407 e. The van der Waals surface area contributed by atoms with Crippen LogP contribution in [0.2, 0.25) is 0 Å². The van der Waals surface area contributed by atoms with Gasteiger partial charge in [0.25, 0.3) is 0 Å². The molecule has 7 heteroatoms. The van der Waals surface area contributed by atoms with E-state index in [9.17, 15) is 19.5 Å². The molecular weight excluding hydrogens is 444 g/mol. The average molecular weight is 475 g/mol. The van der Waals surface area contributed by atoms with Crippen LogP contribution in [0.4, 0.5) is 4.79 Å². The van der Waals surface area contributed by atoms with Crippen LogP contribution in [-0.4, -0.2) is 41.8 Å². The third-order valence-electron chi connectivity index (χ3n) is 7.51. The Kier molecular flexibility index (Phi) is 6.57. The first-order chi connectivity index (χ1) is 17.0. The number of carbonyl (C=O) groups excluding carboxylic acids is 2. The number of amides is 2. The Balaban J connectivity index is 1.15. The molecule has 0 spiro atoms. The number of ether oxygens (including phenoxy) is 1. The summed E-state index contributed by atoms with van der Waals surface area (Å²) in [6.07, 6.45) is 6.38. The zero-order chi connectivity index (χ0) is 24.4. The van der Waals surface area contributed by atoms with Gasteiger partial charge in [0.1, 0.15) is 6.61 Å². The summed E-state index contributed by atoms with van der Waals surface area (Å²) >= 11 is 0. The molecule has 0 radical (unpaired) electrons. The van der Waals surface area contributed by atoms with E-state index in [0.717, 1.165) is 17.5 Å². The van der Waals surface area contributed by atoms with E-state index in [1.54, 1.807) is 0 Å². The van der Waals surface area contributed by atoms with Gasteiger partial charge in [-0.3, -0.25) is 9.59 Å². The Morgan fingerprint density at radius 2 is 1.63 bits per heavy atom. The van der Waals surface area contributed by atoms with Crippen molar-refractivity contribution >= 4 is 18.0 Å². The monoisotopic (exact) mass is 474 g/mol. The summed E-state index contributed by atoms with van der Waals surface area (Å²) in [6, 6.07) is 15.7. The quantitative estimate of drug-likeness (QED) is 0.544. The molecule has 3 N–H and O–H groups in total. The second-order valence-corrected chi connectivity index (χ2v) is 9.66. The first-order valence-electron chi connectivity index (χ1n) is 12.3. The van der Waals surface area contributed by atoms with Crippen LogP contribution >= 0.6 is 0 Å². The highest BCUT2D eigenvalue weighted by Crippen LogP contribution is 2.44. The molecule has 0 aromatic heterocycles. The van der Waals surface area contributed by atoms with Crippen LogP contribution in [0.15, 0.2) is 60.7 Å². The van der Waals surface area contributed by atoms with E-state index in [0.29, 0.717) is 25.7 Å². The number of alkyl carbamates (subject to hydrolysis) is 1. The van der Waals surface area contributed by atoms with Crippen LogP contribution in [0.5, 0.6) is 0 Å². The molecule has 0 aliphatic heterocycles. The van der Waals surface area contributed by atoms with Gasteiger partial charge in [-0.15, -0.1) is 0 Å². The van der Waals surface area contributed by atoms with Gasteiger partial charge >= 0.3 is 12.1 Å². The Bertz CT molecular complexity index is 1110. The number of allylic oxidation sites excluding steroid dienone is 1. The molecule has 3 aliphatic rings. The number of benzene rings is 2. The number of nitrogens with one attached hydrogen (secondary N) is 2. The molecule has 2 amide bonds. The Morgan fingerprint density at radius 1 is 0.943 bits per heavy atom. The summed E-state index contributed by atoms with van der Waals surface area (Å²) in [5.74, 6) is -1.85. The molecule has 4 atom stereocenters. The molecule has 0 heterocycles. The Morgan fingerprint density at radius 3 is 2.31 bits per heavy atom. The average Bonchev–Trinajstić information content (AvgIpc) is 3.45. The zero-order valence-electron chi connectivity index (χ0n) is 19.5. The normalized spacial score (nSPS) is 24.9. The number of carboxylic acid groups (broad SMARTS) is 1. The van der Waals surface area contributed by atoms with Crippen molar-refractivity contribution < 1.29 is 24.2 Å². The fourth-order valence-electron chi connectivity index (χ4n) is 5.73. The van der Waals surface area contributed by atoms with Crippen LogP contribution in [0.3, 0.4) is 0 Å². The Hall–Kier alpha value is -3.61. The minimum Gasteiger partial charge on any atom is -0.481 e. The SMILES string of the molecule is O=C(N[C@@H]1C=CC[C@@H](C(=O)NC2CCCC2C(=O)O)C1)OCC1c2ccccc2-c2ccccc21. The van der Waals surface area contributed by atoms with Crippen molar-refractivity contribution in [3.63, 3.8) is 0 Å². The van der Waals surface area contributed by atoms with E-state index in [-0.39, 0.29) is 36.4 Å². The summed E-state index contributed by atoms with van der Waals surface area (Å²) < 4.78 is 5.64. The van der Waals surface area contributed by atoms with E-state index in [4.69, 9.17) is 4.74 Å². The third kappa shape index (κ3) is 4.81. The largest absolute Gasteiger partial charge is 0.481 e. The van der Waals surface area contributed by atoms with Gasteiger partial charge < -0.3 is 20.5 Å². The molecule has 0 bridgehead atoms. The summed E-state index contributed by atoms with van der Waals surface area (Å²) in [7, 11) is 0. The van der Waals surface area contributed by atoms with Gasteiger partial charge in [0.05, 0.1) is 12.0 Å². The van der Waals surface area contributed by atoms with E-state index < -0.39 is 18.0 Å². The molecular formula is C28H30N2O5. The van der Waals surface area contributed by atoms with Crippen LogP contribution in [0, 0.1) is 11.8 Å². The molecule has 5 rings (SSSR count). The van der Waals surface area contributed by atoms with E-state index in [1.807, 2.05) is 36.4 Å². The molecule has 182 valence electrons. The van der Waals surface area contributed by atoms with E-state index in [2.05, 4.69) is 34.9 Å². The van der Waals surface area contributed by atoms with E-state index in [1.165, 1.54) is 11.1 Å². The highest BCUT2D eigenvalue weighted by atomic mass is 16.5. The maximum atomic E-state index is 12.8. The van der Waals surface area contributed by atoms with Crippen molar-refractivity contribution in [2.75, 3.05) is 6.61 Å². The number of hydrogen-bond donors (Lipinski definition) is 3. The lowest BCUT2D eigenvalue weighted by atomic mass is 9.89. The van der Waals surface area contributed by atoms with Crippen molar-refractivity contribution in [3.8, 4) is 11.1 Å². The molecule has 2 aromatic carbocycles. The van der Waals surface area contributed by atoms with Gasteiger partial charge in [0, 0.05) is 17.9 Å². The Labute approximate surface area is 204 Å². The highest BCUT2D eigenvalue weighted by molar-refractivity contribution is 5.81. The topological polar surface area (TPSA) is 105 Å². The lowest BCUT2D eigenvalue weighted by Gasteiger charge is -2.27. The zero-order valence-corrected chi connectivity index (χ0v) is 19.5. The lowest BCUT2D eigenvalue weighted by molar-refractivity contribution is -0.142. The van der Waals surface area contributed by atoms with Gasteiger partial charge in [0.15, 0.2) is 0 Å². The van der Waals surface area contributed by atoms with Crippen molar-refractivity contribution in [2.45, 2.75) is 50.1 Å². The number of fused-ring (bicyclic) bond motifs is 3. The second kappa shape index (κ2) is 9.94. The molecule has 2 unspecified atom stereocenters. The molecule has 0 saturated heterocycles. The van der Waals surface area contributed by atoms with Crippen LogP contribution in [-0.2, 0) is 14.3 Å². The van der Waals surface area contributed by atoms with Crippen molar-refractivity contribution in [1.29, 1.82) is 0 Å². The van der Waals surface area contributed by atoms with Gasteiger partial charge in [0.2, 0.25) is 5.91 Å². The fraction of sp³-hybridized carbons (Fsp3) is 0.393. The second-order valence-electron chi connectivity index (χ2n) is 9.66. The summed E-state index contributed by atoms with van der Waals surface area (Å²) in [5, 5.41) is 15.2. The number of carbonyl (C=O) groups is 3. The first kappa shape index (κ1) is 23.1. The molecule has 35 heavy (non-hydrogen) atoms. The van der Waals surface area contributed by atoms with Crippen molar-refractivity contribution in [2.24, 2.45) is 11.8 Å². The van der Waals surface area contributed by atoms with Gasteiger partial charge in [-0.1, -0.05) is 67.1 Å². The van der Waals surface area contributed by atoms with Crippen molar-refractivity contribution in [1.82, 2.24) is 10.6 Å². The van der Waals surface area contributed by atoms with E-state index >= 15 is 0 Å². The number of rotatable bonds is 6. The van der Waals surface area contributed by atoms with Gasteiger partial charge in [-0.25, -0.2) is 4.79 Å². The molecule has 3 aliphatic carbocycles. The van der Waals surface area contributed by atoms with Crippen molar-refractivity contribution in [3.05, 3.63) is 71.8 Å². The molecule has 1 fully saturated rings. The fourth-order valence-corrected chi connectivity index (χ4v) is 5.73. The summed E-state index contributed by atoms with van der Waals surface area (Å²) in [6.45, 7) is 0.235. The van der Waals surface area contributed by atoms with Crippen LogP contribution in [0.1, 0.15) is 49.1 Å². The highest BCUT2D eigenvalue weighted by Gasteiger charge is 2.36. The number of aliphatic carboxylic acids is 1. The predicted octanol–water partition coefficient (Wildman–Crippen LogP) is 4.23. The van der Waals surface area contributed by atoms with Crippen LogP contribution < -0.4 is 10.6 Å². The number of carboxylic acids is 1. The first-order valence-corrected chi connectivity index (χ1v) is 12.3. The molecule has 1 saturated carbocycles. The van der Waals surface area contributed by atoms with Gasteiger partial charge in [-0.05, 0) is 47.9 Å². The number of hydrogen-bond acceptors (Lipinski definition) is 4. The summed E-state index contributed by atoms with van der Waals surface area (Å²) in [5.41, 5.74) is 4.66. The summed E-state index contributed by atoms with van der Waals surface area (Å²) in [4.78, 5) is 36.8. The molecule has 2 aromatic rings. The minimum absolute atomic E-state index is 0.0119. The predicted molar refractivity (Wildman–Crippen MR) is 131 cm³/mol. The lowest BCUT2D eigenvalue weighted by Crippen LogP contribution is -2.45. The van der Waals surface area contributed by atoms with Gasteiger partial charge in [-0.2, -0.15) is 0 Å².